The number of hydrogen-bond donors (Lipinski definition) is 3. The van der Waals surface area contributed by atoms with Crippen LogP contribution in [0.15, 0.2) is 67.1 Å². The summed E-state index contributed by atoms with van der Waals surface area (Å²) in [6.45, 7) is 1.71. The lowest BCUT2D eigenvalue weighted by Crippen LogP contribution is -2.43. The van der Waals surface area contributed by atoms with Crippen molar-refractivity contribution >= 4 is 29.0 Å². The number of primary amides is 1. The number of hydrogen-bond acceptors (Lipinski definition) is 6. The second-order valence-electron chi connectivity index (χ2n) is 7.43. The summed E-state index contributed by atoms with van der Waals surface area (Å²) in [5.74, 6) is -1.96. The first kappa shape index (κ1) is 20.8. The second-order valence-corrected chi connectivity index (χ2v) is 7.43. The fraction of sp³-hybridized carbons (Fsp3) is 0.0435. The highest BCUT2D eigenvalue weighted by atomic mass is 16.2. The van der Waals surface area contributed by atoms with Gasteiger partial charge >= 0.3 is 0 Å². The predicted molar refractivity (Wildman–Crippen MR) is 122 cm³/mol. The molecule has 4 N–H and O–H groups in total. The van der Waals surface area contributed by atoms with E-state index in [-0.39, 0.29) is 17.0 Å². The molecule has 0 saturated carbocycles. The molecule has 0 radical (unpaired) electrons. The molecule has 3 amide bonds. The average Bonchev–Trinajstić information content (AvgIpc) is 3.42. The maximum atomic E-state index is 13.1. The number of hydrazine groups is 1. The number of carbonyl (C=O) groups excluding carboxylic acids is 3. The Morgan fingerprint density at radius 3 is 2.41 bits per heavy atom. The number of nitrogens with two attached hydrogens (primary N) is 1. The van der Waals surface area contributed by atoms with Crippen LogP contribution in [0.1, 0.15) is 37.2 Å². The van der Waals surface area contributed by atoms with Crippen molar-refractivity contribution in [1.29, 1.82) is 0 Å². The highest BCUT2D eigenvalue weighted by Gasteiger charge is 2.21. The van der Waals surface area contributed by atoms with Crippen molar-refractivity contribution in [2.45, 2.75) is 6.92 Å². The quantitative estimate of drug-likeness (QED) is 0.351. The summed E-state index contributed by atoms with van der Waals surface area (Å²) < 4.78 is 2.97. The summed E-state index contributed by atoms with van der Waals surface area (Å²) in [5, 5.41) is 0. The third kappa shape index (κ3) is 3.50. The molecule has 0 spiro atoms. The van der Waals surface area contributed by atoms with Gasteiger partial charge in [0.05, 0.1) is 11.4 Å². The number of benzene rings is 1. The third-order valence-corrected chi connectivity index (χ3v) is 5.25. The maximum absolute atomic E-state index is 13.1. The van der Waals surface area contributed by atoms with Crippen LogP contribution >= 0.6 is 0 Å². The molecule has 0 bridgehead atoms. The van der Waals surface area contributed by atoms with Crippen molar-refractivity contribution in [2.75, 3.05) is 0 Å². The lowest BCUT2D eigenvalue weighted by atomic mass is 10.1. The number of aromatic nitrogens is 5. The molecule has 11 nitrogen and oxygen atoms in total. The van der Waals surface area contributed by atoms with Crippen LogP contribution in [-0.4, -0.2) is 41.5 Å². The summed E-state index contributed by atoms with van der Waals surface area (Å²) in [4.78, 5) is 50.6. The van der Waals surface area contributed by atoms with Crippen LogP contribution in [0, 0.1) is 6.92 Å². The number of nitrogens with zero attached hydrogens (tertiary/aromatic N) is 5. The lowest BCUT2D eigenvalue weighted by Gasteiger charge is -2.11. The fourth-order valence-electron chi connectivity index (χ4n) is 3.70. The van der Waals surface area contributed by atoms with E-state index in [0.29, 0.717) is 22.7 Å². The van der Waals surface area contributed by atoms with Crippen LogP contribution in [0.2, 0.25) is 0 Å². The first-order chi connectivity index (χ1) is 16.4. The normalized spacial score (nSPS) is 11.0. The zero-order valence-corrected chi connectivity index (χ0v) is 17.9. The van der Waals surface area contributed by atoms with Crippen molar-refractivity contribution in [3.8, 4) is 11.3 Å². The van der Waals surface area contributed by atoms with E-state index in [1.165, 1.54) is 16.8 Å². The van der Waals surface area contributed by atoms with Crippen LogP contribution in [0.5, 0.6) is 0 Å². The van der Waals surface area contributed by atoms with Gasteiger partial charge < -0.3 is 5.73 Å². The molecule has 0 aliphatic heterocycles. The van der Waals surface area contributed by atoms with E-state index in [1.54, 1.807) is 29.7 Å². The van der Waals surface area contributed by atoms with E-state index in [4.69, 9.17) is 5.73 Å². The Morgan fingerprint density at radius 1 is 0.912 bits per heavy atom. The van der Waals surface area contributed by atoms with Crippen LogP contribution < -0.4 is 16.6 Å². The Balaban J connectivity index is 1.49. The largest absolute Gasteiger partial charge is 0.364 e. The molecule has 1 aromatic carbocycles. The summed E-state index contributed by atoms with van der Waals surface area (Å²) in [5.41, 5.74) is 13.0. The number of fused-ring (bicyclic) bond motifs is 2. The molecule has 0 unspecified atom stereocenters. The van der Waals surface area contributed by atoms with Crippen LogP contribution in [0.3, 0.4) is 0 Å². The second kappa shape index (κ2) is 8.13. The van der Waals surface area contributed by atoms with Crippen molar-refractivity contribution < 1.29 is 14.4 Å². The van der Waals surface area contributed by atoms with Gasteiger partial charge in [0.2, 0.25) is 0 Å². The van der Waals surface area contributed by atoms with Crippen molar-refractivity contribution in [1.82, 2.24) is 34.6 Å². The minimum Gasteiger partial charge on any atom is -0.364 e. The molecule has 11 heteroatoms. The Morgan fingerprint density at radius 2 is 1.65 bits per heavy atom. The molecule has 0 aliphatic carbocycles. The Bertz CT molecular complexity index is 1590. The van der Waals surface area contributed by atoms with Crippen LogP contribution in [0.4, 0.5) is 0 Å². The number of carbonyl (C=O) groups is 3. The van der Waals surface area contributed by atoms with E-state index in [1.807, 2.05) is 36.4 Å². The number of pyridine rings is 1. The van der Waals surface area contributed by atoms with Crippen LogP contribution in [0.25, 0.3) is 22.6 Å². The first-order valence-corrected chi connectivity index (χ1v) is 10.2. The van der Waals surface area contributed by atoms with Crippen molar-refractivity contribution in [3.63, 3.8) is 0 Å². The van der Waals surface area contributed by atoms with E-state index < -0.39 is 17.7 Å². The predicted octanol–water partition coefficient (Wildman–Crippen LogP) is 1.53. The highest BCUT2D eigenvalue weighted by molar-refractivity contribution is 6.01. The molecule has 5 rings (SSSR count). The molecular formula is C23H18N8O3. The molecule has 168 valence electrons. The number of rotatable bonds is 4. The van der Waals surface area contributed by atoms with E-state index in [9.17, 15) is 14.4 Å². The molecule has 0 saturated heterocycles. The molecular weight excluding hydrogens is 436 g/mol. The lowest BCUT2D eigenvalue weighted by molar-refractivity contribution is 0.0839. The Labute approximate surface area is 192 Å². The zero-order chi connectivity index (χ0) is 23.8. The van der Waals surface area contributed by atoms with Crippen LogP contribution in [-0.2, 0) is 0 Å². The van der Waals surface area contributed by atoms with Gasteiger partial charge in [-0.15, -0.1) is 0 Å². The Kier molecular flexibility index (Phi) is 4.98. The molecule has 0 fully saturated rings. The maximum Gasteiger partial charge on any atom is 0.288 e. The fourth-order valence-corrected chi connectivity index (χ4v) is 3.70. The molecule has 5 aromatic rings. The summed E-state index contributed by atoms with van der Waals surface area (Å²) in [6.07, 6.45) is 2.99. The van der Waals surface area contributed by atoms with E-state index in [0.717, 1.165) is 5.56 Å². The number of nitrogens with one attached hydrogen (secondary N) is 2. The van der Waals surface area contributed by atoms with Crippen molar-refractivity contribution in [2.24, 2.45) is 5.73 Å². The van der Waals surface area contributed by atoms with Gasteiger partial charge in [0.25, 0.3) is 17.7 Å². The third-order valence-electron chi connectivity index (χ3n) is 5.25. The first-order valence-electron chi connectivity index (χ1n) is 10.2. The standard InChI is InChI=1S/C23H18N8O3/c1-13-19(30-10-6-5-9-17(30)26-13)23(34)29-28-22(33)16-11-15(14-7-3-2-4-8-14)27-21-18(20(24)32)25-12-31(16)21/h2-12H,1H3,(H2,24,32)(H,28,33)(H,29,34). The molecule has 4 aromatic heterocycles. The topological polar surface area (TPSA) is 149 Å². The van der Waals surface area contributed by atoms with Gasteiger partial charge in [0, 0.05) is 11.8 Å². The molecule has 0 aliphatic rings. The van der Waals surface area contributed by atoms with E-state index in [2.05, 4.69) is 25.8 Å². The molecule has 4 heterocycles. The number of amides is 3. The van der Waals surface area contributed by atoms with E-state index >= 15 is 0 Å². The number of imidazole rings is 2. The van der Waals surface area contributed by atoms with Crippen molar-refractivity contribution in [3.05, 3.63) is 89.9 Å². The highest BCUT2D eigenvalue weighted by Crippen LogP contribution is 2.21. The van der Waals surface area contributed by atoms with Gasteiger partial charge in [-0.05, 0) is 25.1 Å². The monoisotopic (exact) mass is 454 g/mol. The van der Waals surface area contributed by atoms with Gasteiger partial charge in [0.15, 0.2) is 11.3 Å². The Hall–Kier alpha value is -5.06. The van der Waals surface area contributed by atoms with Gasteiger partial charge in [-0.2, -0.15) is 0 Å². The summed E-state index contributed by atoms with van der Waals surface area (Å²) >= 11 is 0. The van der Waals surface area contributed by atoms with Gasteiger partial charge in [-0.1, -0.05) is 36.4 Å². The van der Waals surface area contributed by atoms with Gasteiger partial charge in [0.1, 0.15) is 23.4 Å². The summed E-state index contributed by atoms with van der Waals surface area (Å²) in [6, 6.07) is 16.0. The average molecular weight is 454 g/mol. The van der Waals surface area contributed by atoms with Gasteiger partial charge in [-0.25, -0.2) is 15.0 Å². The minimum atomic E-state index is -0.775. The van der Waals surface area contributed by atoms with Gasteiger partial charge in [-0.3, -0.25) is 34.0 Å². The zero-order valence-electron chi connectivity index (χ0n) is 17.9. The molecule has 0 atom stereocenters. The minimum absolute atomic E-state index is 0.0720. The summed E-state index contributed by atoms with van der Waals surface area (Å²) in [7, 11) is 0. The molecule has 34 heavy (non-hydrogen) atoms. The number of aryl methyl sites for hydroxylation is 1. The smallest absolute Gasteiger partial charge is 0.288 e. The SMILES string of the molecule is Cc1nc2ccccn2c1C(=O)NNC(=O)c1cc(-c2ccccc2)nc2c(C(N)=O)ncn12.